The summed E-state index contributed by atoms with van der Waals surface area (Å²) in [4.78, 5) is 10.8. The first kappa shape index (κ1) is 17.4. The number of methoxy groups -OCH3 is 1. The quantitative estimate of drug-likeness (QED) is 0.768. The molecule has 1 aromatic rings. The van der Waals surface area contributed by atoms with Gasteiger partial charge < -0.3 is 9.84 Å². The van der Waals surface area contributed by atoms with Crippen molar-refractivity contribution in [2.45, 2.75) is 17.4 Å². The number of nitrogens with zero attached hydrogens (tertiary/aromatic N) is 1. The highest BCUT2D eigenvalue weighted by Crippen LogP contribution is 2.22. The third-order valence-corrected chi connectivity index (χ3v) is 4.51. The molecule has 0 spiro atoms. The molecule has 0 bridgehead atoms. The summed E-state index contributed by atoms with van der Waals surface area (Å²) in [7, 11) is -2.74. The average Bonchev–Trinajstić information content (AvgIpc) is 2.42. The number of nitrogens with one attached hydrogen (secondary N) is 1. The van der Waals surface area contributed by atoms with Crippen LogP contribution in [0.5, 0.6) is 0 Å². The summed E-state index contributed by atoms with van der Waals surface area (Å²) in [6, 6.07) is 4.12. The molecular weight excluding hydrogens is 320 g/mol. The molecule has 0 aromatic heterocycles. The molecule has 21 heavy (non-hydrogen) atoms. The number of carbonyl (C=O) groups is 1. The van der Waals surface area contributed by atoms with Crippen LogP contribution >= 0.6 is 11.6 Å². The van der Waals surface area contributed by atoms with Crippen LogP contribution in [0.2, 0.25) is 5.02 Å². The minimum Gasteiger partial charge on any atom is -0.480 e. The van der Waals surface area contributed by atoms with Gasteiger partial charge in [-0.05, 0) is 24.6 Å². The Morgan fingerprint density at radius 3 is 2.71 bits per heavy atom. The predicted octanol–water partition coefficient (Wildman–Crippen LogP) is 0.980. The molecule has 0 saturated carbocycles. The van der Waals surface area contributed by atoms with Gasteiger partial charge in [0.05, 0.1) is 16.7 Å². The van der Waals surface area contributed by atoms with Crippen molar-refractivity contribution in [3.63, 3.8) is 0 Å². The Morgan fingerprint density at radius 1 is 1.57 bits per heavy atom. The topological polar surface area (TPSA) is 116 Å². The first-order valence-corrected chi connectivity index (χ1v) is 7.61. The van der Waals surface area contributed by atoms with Crippen LogP contribution < -0.4 is 4.72 Å². The SMILES string of the molecule is COCCC(NS(=O)(=O)c1ccc(C#N)cc1Cl)C(=O)O. The minimum atomic E-state index is -4.12. The number of hydrogen-bond donors (Lipinski definition) is 2. The second kappa shape index (κ2) is 7.38. The van der Waals surface area contributed by atoms with Crippen LogP contribution in [0.4, 0.5) is 0 Å². The van der Waals surface area contributed by atoms with Crippen LogP contribution in [-0.4, -0.2) is 39.3 Å². The second-order valence-corrected chi connectivity index (χ2v) is 6.14. The Hall–Kier alpha value is -1.66. The van der Waals surface area contributed by atoms with Gasteiger partial charge in [-0.15, -0.1) is 0 Å². The molecule has 0 aliphatic carbocycles. The summed E-state index contributed by atoms with van der Waals surface area (Å²) in [5.41, 5.74) is 0.202. The van der Waals surface area contributed by atoms with Gasteiger partial charge in [0.2, 0.25) is 10.0 Å². The average molecular weight is 333 g/mol. The molecule has 0 radical (unpaired) electrons. The van der Waals surface area contributed by atoms with Gasteiger partial charge in [0.15, 0.2) is 0 Å². The molecule has 1 aromatic carbocycles. The van der Waals surface area contributed by atoms with Gasteiger partial charge in [-0.1, -0.05) is 11.6 Å². The van der Waals surface area contributed by atoms with Gasteiger partial charge >= 0.3 is 5.97 Å². The molecule has 0 saturated heterocycles. The second-order valence-electron chi connectivity index (χ2n) is 4.05. The van der Waals surface area contributed by atoms with E-state index in [-0.39, 0.29) is 28.5 Å². The Balaban J connectivity index is 3.05. The highest BCUT2D eigenvalue weighted by Gasteiger charge is 2.26. The van der Waals surface area contributed by atoms with Crippen molar-refractivity contribution in [3.05, 3.63) is 28.8 Å². The van der Waals surface area contributed by atoms with Crippen molar-refractivity contribution in [1.82, 2.24) is 4.72 Å². The Kier molecular flexibility index (Phi) is 6.11. The highest BCUT2D eigenvalue weighted by atomic mass is 35.5. The summed E-state index contributed by atoms with van der Waals surface area (Å²) in [5.74, 6) is -1.32. The fraction of sp³-hybridized carbons (Fsp3) is 0.333. The first-order chi connectivity index (χ1) is 9.81. The fourth-order valence-electron chi connectivity index (χ4n) is 1.51. The number of rotatable bonds is 7. The largest absolute Gasteiger partial charge is 0.480 e. The fourth-order valence-corrected chi connectivity index (χ4v) is 3.28. The standard InChI is InChI=1S/C12H13ClN2O5S/c1-20-5-4-10(12(16)17)15-21(18,19)11-3-2-8(7-14)6-9(11)13/h2-3,6,10,15H,4-5H2,1H3,(H,16,17). The van der Waals surface area contributed by atoms with Crippen LogP contribution in [0.15, 0.2) is 23.1 Å². The summed E-state index contributed by atoms with van der Waals surface area (Å²) < 4.78 is 31.1. The maximum absolute atomic E-state index is 12.1. The van der Waals surface area contributed by atoms with Gasteiger partial charge in [-0.2, -0.15) is 9.98 Å². The maximum Gasteiger partial charge on any atom is 0.321 e. The zero-order chi connectivity index (χ0) is 16.0. The van der Waals surface area contributed by atoms with Crippen molar-refractivity contribution in [1.29, 1.82) is 5.26 Å². The first-order valence-electron chi connectivity index (χ1n) is 5.75. The highest BCUT2D eigenvalue weighted by molar-refractivity contribution is 7.89. The van der Waals surface area contributed by atoms with E-state index in [0.29, 0.717) is 0 Å². The molecule has 7 nitrogen and oxygen atoms in total. The van der Waals surface area contributed by atoms with Crippen LogP contribution in [0.3, 0.4) is 0 Å². The van der Waals surface area contributed by atoms with Crippen LogP contribution in [0, 0.1) is 11.3 Å². The summed E-state index contributed by atoms with van der Waals surface area (Å²) in [5, 5.41) is 17.6. The Morgan fingerprint density at radius 2 is 2.24 bits per heavy atom. The van der Waals surface area contributed by atoms with Gasteiger partial charge in [0, 0.05) is 13.7 Å². The lowest BCUT2D eigenvalue weighted by Crippen LogP contribution is -2.41. The zero-order valence-electron chi connectivity index (χ0n) is 11.0. The lowest BCUT2D eigenvalue weighted by molar-refractivity contribution is -0.139. The van der Waals surface area contributed by atoms with E-state index in [4.69, 9.17) is 26.7 Å². The van der Waals surface area contributed by atoms with Gasteiger partial charge in [-0.25, -0.2) is 8.42 Å². The Labute approximate surface area is 127 Å². The van der Waals surface area contributed by atoms with E-state index in [1.54, 1.807) is 0 Å². The van der Waals surface area contributed by atoms with E-state index >= 15 is 0 Å². The molecule has 9 heteroatoms. The molecule has 1 unspecified atom stereocenters. The number of sulfonamides is 1. The summed E-state index contributed by atoms with van der Waals surface area (Å²) >= 11 is 5.82. The number of benzene rings is 1. The van der Waals surface area contributed by atoms with Crippen molar-refractivity contribution >= 4 is 27.6 Å². The number of carboxylic acids is 1. The molecule has 1 atom stereocenters. The minimum absolute atomic E-state index is 0.0288. The van der Waals surface area contributed by atoms with Crippen molar-refractivity contribution in [2.24, 2.45) is 0 Å². The number of aliphatic carboxylic acids is 1. The number of ether oxygens (including phenoxy) is 1. The molecule has 114 valence electrons. The third-order valence-electron chi connectivity index (χ3n) is 2.56. The number of hydrogen-bond acceptors (Lipinski definition) is 5. The van der Waals surface area contributed by atoms with E-state index in [1.807, 2.05) is 10.8 Å². The lowest BCUT2D eigenvalue weighted by Gasteiger charge is -2.15. The van der Waals surface area contributed by atoms with Crippen LogP contribution in [0.1, 0.15) is 12.0 Å². The molecule has 0 fully saturated rings. The molecule has 0 aliphatic rings. The molecule has 0 aliphatic heterocycles. The van der Waals surface area contributed by atoms with Gasteiger partial charge in [-0.3, -0.25) is 4.79 Å². The van der Waals surface area contributed by atoms with E-state index in [1.165, 1.54) is 19.2 Å². The molecule has 0 amide bonds. The van der Waals surface area contributed by atoms with E-state index < -0.39 is 22.0 Å². The number of nitriles is 1. The van der Waals surface area contributed by atoms with E-state index in [9.17, 15) is 13.2 Å². The van der Waals surface area contributed by atoms with E-state index in [2.05, 4.69) is 0 Å². The number of carboxylic acid groups (broad SMARTS) is 1. The Bertz CT molecular complexity index is 669. The smallest absolute Gasteiger partial charge is 0.321 e. The van der Waals surface area contributed by atoms with E-state index in [0.717, 1.165) is 6.07 Å². The lowest BCUT2D eigenvalue weighted by atomic mass is 10.2. The monoisotopic (exact) mass is 332 g/mol. The van der Waals surface area contributed by atoms with Crippen molar-refractivity contribution in [2.75, 3.05) is 13.7 Å². The summed E-state index contributed by atoms with van der Waals surface area (Å²) in [6.45, 7) is 0.0839. The summed E-state index contributed by atoms with van der Waals surface area (Å²) in [6.07, 6.45) is -0.0288. The van der Waals surface area contributed by atoms with Crippen molar-refractivity contribution < 1.29 is 23.1 Å². The predicted molar refractivity (Wildman–Crippen MR) is 74.4 cm³/mol. The third kappa shape index (κ3) is 4.68. The van der Waals surface area contributed by atoms with Crippen LogP contribution in [0.25, 0.3) is 0 Å². The number of halogens is 1. The normalized spacial score (nSPS) is 12.6. The molecule has 2 N–H and O–H groups in total. The molecular formula is C12H13ClN2O5S. The van der Waals surface area contributed by atoms with Gasteiger partial charge in [0.1, 0.15) is 10.9 Å². The molecule has 1 rings (SSSR count). The molecule has 0 heterocycles. The van der Waals surface area contributed by atoms with Crippen LogP contribution in [-0.2, 0) is 19.6 Å². The van der Waals surface area contributed by atoms with Crippen molar-refractivity contribution in [3.8, 4) is 6.07 Å². The maximum atomic E-state index is 12.1. The zero-order valence-corrected chi connectivity index (χ0v) is 12.6. The van der Waals surface area contributed by atoms with Gasteiger partial charge in [0.25, 0.3) is 0 Å².